The highest BCUT2D eigenvalue weighted by molar-refractivity contribution is 7.18. The van der Waals surface area contributed by atoms with Crippen LogP contribution in [0.1, 0.15) is 30.2 Å². The van der Waals surface area contributed by atoms with Crippen molar-refractivity contribution in [1.82, 2.24) is 9.88 Å². The van der Waals surface area contributed by atoms with Gasteiger partial charge >= 0.3 is 0 Å². The van der Waals surface area contributed by atoms with Gasteiger partial charge in [-0.1, -0.05) is 18.2 Å². The summed E-state index contributed by atoms with van der Waals surface area (Å²) in [7, 11) is 1.61. The summed E-state index contributed by atoms with van der Waals surface area (Å²) in [6.07, 6.45) is 2.12. The number of carbonyl (C=O) groups excluding carboxylic acids is 2. The van der Waals surface area contributed by atoms with Gasteiger partial charge in [0.2, 0.25) is 11.8 Å². The van der Waals surface area contributed by atoms with Crippen LogP contribution in [0.4, 0.5) is 5.69 Å². The third-order valence-corrected chi connectivity index (χ3v) is 7.50. The predicted octanol–water partition coefficient (Wildman–Crippen LogP) is 4.06. The number of carbonyl (C=O) groups is 2. The number of ether oxygens (including phenoxy) is 1. The van der Waals surface area contributed by atoms with Crippen LogP contribution in [0.15, 0.2) is 48.5 Å². The maximum Gasteiger partial charge on any atom is 0.228 e. The fourth-order valence-corrected chi connectivity index (χ4v) is 5.71. The molecule has 2 aromatic carbocycles. The van der Waals surface area contributed by atoms with Crippen molar-refractivity contribution < 1.29 is 14.3 Å². The van der Waals surface area contributed by atoms with Crippen LogP contribution in [0.5, 0.6) is 5.75 Å². The number of hydrogen-bond donors (Lipinski definition) is 0. The smallest absolute Gasteiger partial charge is 0.228 e. The molecular formula is C24H25N3O3S. The zero-order valence-electron chi connectivity index (χ0n) is 17.5. The van der Waals surface area contributed by atoms with Crippen molar-refractivity contribution in [3.05, 3.63) is 53.5 Å². The van der Waals surface area contributed by atoms with Gasteiger partial charge in [0.25, 0.3) is 0 Å². The molecule has 7 heteroatoms. The average Bonchev–Trinajstić information content (AvgIpc) is 3.42. The van der Waals surface area contributed by atoms with E-state index < -0.39 is 0 Å². The van der Waals surface area contributed by atoms with Gasteiger partial charge in [-0.15, -0.1) is 11.3 Å². The molecule has 0 radical (unpaired) electrons. The van der Waals surface area contributed by atoms with Crippen LogP contribution in [0.3, 0.4) is 0 Å². The second-order valence-corrected chi connectivity index (χ2v) is 9.29. The number of rotatable bonds is 4. The monoisotopic (exact) mass is 435 g/mol. The molecule has 3 heterocycles. The van der Waals surface area contributed by atoms with Crippen molar-refractivity contribution in [1.29, 1.82) is 0 Å². The Morgan fingerprint density at radius 3 is 2.71 bits per heavy atom. The van der Waals surface area contributed by atoms with Crippen molar-refractivity contribution >= 4 is 39.1 Å². The van der Waals surface area contributed by atoms with Crippen molar-refractivity contribution in [3.63, 3.8) is 0 Å². The molecule has 0 aliphatic carbocycles. The Bertz CT molecular complexity index is 1090. The third-order valence-electron chi connectivity index (χ3n) is 6.31. The van der Waals surface area contributed by atoms with E-state index in [1.165, 1.54) is 9.71 Å². The van der Waals surface area contributed by atoms with E-state index in [0.29, 0.717) is 18.2 Å². The fourth-order valence-electron chi connectivity index (χ4n) is 4.57. The number of anilines is 1. The van der Waals surface area contributed by atoms with Crippen LogP contribution in [0, 0.1) is 5.92 Å². The molecule has 3 aromatic rings. The molecule has 1 aromatic heterocycles. The highest BCUT2D eigenvalue weighted by Crippen LogP contribution is 2.35. The van der Waals surface area contributed by atoms with E-state index in [1.54, 1.807) is 23.3 Å². The molecule has 0 bridgehead atoms. The Morgan fingerprint density at radius 2 is 1.94 bits per heavy atom. The largest absolute Gasteiger partial charge is 0.497 e. The van der Waals surface area contributed by atoms with Crippen LogP contribution >= 0.6 is 11.3 Å². The lowest BCUT2D eigenvalue weighted by atomic mass is 9.96. The molecular weight excluding hydrogens is 410 g/mol. The number of fused-ring (bicyclic) bond motifs is 1. The summed E-state index contributed by atoms with van der Waals surface area (Å²) in [6, 6.07) is 15.7. The summed E-state index contributed by atoms with van der Waals surface area (Å²) in [4.78, 5) is 34.2. The number of amides is 2. The van der Waals surface area contributed by atoms with E-state index in [9.17, 15) is 9.59 Å². The van der Waals surface area contributed by atoms with Gasteiger partial charge in [0.15, 0.2) is 0 Å². The SMILES string of the molecule is COc1cccc(N2C[C@@H](C(=O)N3CCC(c4nc5ccccc5s4)CC3)CC2=O)c1. The Balaban J connectivity index is 1.22. The van der Waals surface area contributed by atoms with Gasteiger partial charge in [0.1, 0.15) is 5.75 Å². The Labute approximate surface area is 185 Å². The highest BCUT2D eigenvalue weighted by Gasteiger charge is 2.38. The highest BCUT2D eigenvalue weighted by atomic mass is 32.1. The van der Waals surface area contributed by atoms with Crippen LogP contribution in [0.25, 0.3) is 10.2 Å². The second-order valence-electron chi connectivity index (χ2n) is 8.23. The third kappa shape index (κ3) is 3.90. The van der Waals surface area contributed by atoms with Crippen LogP contribution in [-0.4, -0.2) is 48.4 Å². The molecule has 2 aliphatic rings. The number of para-hydroxylation sites is 1. The summed E-state index contributed by atoms with van der Waals surface area (Å²) >= 11 is 1.76. The van der Waals surface area contributed by atoms with E-state index in [0.717, 1.165) is 37.1 Å². The average molecular weight is 436 g/mol. The number of nitrogens with zero attached hydrogens (tertiary/aromatic N) is 3. The molecule has 2 aliphatic heterocycles. The number of aromatic nitrogens is 1. The van der Waals surface area contributed by atoms with E-state index in [2.05, 4.69) is 12.1 Å². The molecule has 2 amide bonds. The van der Waals surface area contributed by atoms with Gasteiger partial charge < -0.3 is 14.5 Å². The first-order valence-corrected chi connectivity index (χ1v) is 11.5. The minimum Gasteiger partial charge on any atom is -0.497 e. The standard InChI is InChI=1S/C24H25N3O3S/c1-30-19-6-4-5-18(14-19)27-15-17(13-22(27)28)24(29)26-11-9-16(10-12-26)23-25-20-7-2-3-8-21(20)31-23/h2-8,14,16-17H,9-13,15H2,1H3/t17-/m0/s1. The predicted molar refractivity (Wildman–Crippen MR) is 122 cm³/mol. The summed E-state index contributed by atoms with van der Waals surface area (Å²) < 4.78 is 6.49. The van der Waals surface area contributed by atoms with Crippen LogP contribution < -0.4 is 9.64 Å². The van der Waals surface area contributed by atoms with Crippen molar-refractivity contribution in [2.45, 2.75) is 25.2 Å². The molecule has 6 nitrogen and oxygen atoms in total. The zero-order valence-corrected chi connectivity index (χ0v) is 18.3. The van der Waals surface area contributed by atoms with E-state index >= 15 is 0 Å². The van der Waals surface area contributed by atoms with Gasteiger partial charge in [-0.3, -0.25) is 9.59 Å². The Hall–Kier alpha value is -2.93. The molecule has 0 N–H and O–H groups in total. The molecule has 0 spiro atoms. The fraction of sp³-hybridized carbons (Fsp3) is 0.375. The Morgan fingerprint density at radius 1 is 1.13 bits per heavy atom. The summed E-state index contributed by atoms with van der Waals surface area (Å²) in [5, 5.41) is 1.17. The van der Waals surface area contributed by atoms with Crippen LogP contribution in [-0.2, 0) is 9.59 Å². The normalized spacial score (nSPS) is 19.9. The molecule has 1 atom stereocenters. The topological polar surface area (TPSA) is 62.7 Å². The molecule has 160 valence electrons. The van der Waals surface area contributed by atoms with E-state index in [4.69, 9.17) is 9.72 Å². The maximum atomic E-state index is 13.1. The lowest BCUT2D eigenvalue weighted by Gasteiger charge is -2.32. The minimum absolute atomic E-state index is 0.00374. The van der Waals surface area contributed by atoms with Gasteiger partial charge in [0.05, 0.1) is 28.3 Å². The van der Waals surface area contributed by atoms with Crippen molar-refractivity contribution in [3.8, 4) is 5.75 Å². The number of methoxy groups -OCH3 is 1. The first-order valence-electron chi connectivity index (χ1n) is 10.7. The molecule has 0 unspecified atom stereocenters. The Kier molecular flexibility index (Phi) is 5.36. The van der Waals surface area contributed by atoms with Gasteiger partial charge in [-0.05, 0) is 37.1 Å². The number of hydrogen-bond acceptors (Lipinski definition) is 5. The first-order chi connectivity index (χ1) is 15.1. The summed E-state index contributed by atoms with van der Waals surface area (Å²) in [5.41, 5.74) is 1.84. The van der Waals surface area contributed by atoms with Gasteiger partial charge in [0, 0.05) is 43.7 Å². The number of benzene rings is 2. The first kappa shape index (κ1) is 20.0. The summed E-state index contributed by atoms with van der Waals surface area (Å²) in [5.74, 6) is 0.923. The lowest BCUT2D eigenvalue weighted by molar-refractivity contribution is -0.136. The van der Waals surface area contributed by atoms with Gasteiger partial charge in [-0.25, -0.2) is 4.98 Å². The molecule has 5 rings (SSSR count). The molecule has 0 saturated carbocycles. The number of piperidine rings is 1. The second kappa shape index (κ2) is 8.30. The summed E-state index contributed by atoms with van der Waals surface area (Å²) in [6.45, 7) is 1.88. The van der Waals surface area contributed by atoms with E-state index in [1.807, 2.05) is 41.3 Å². The quantitative estimate of drug-likeness (QED) is 0.620. The molecule has 2 fully saturated rings. The van der Waals surface area contributed by atoms with Crippen LogP contribution in [0.2, 0.25) is 0 Å². The zero-order chi connectivity index (χ0) is 21.4. The van der Waals surface area contributed by atoms with Crippen molar-refractivity contribution in [2.24, 2.45) is 5.92 Å². The minimum atomic E-state index is -0.280. The number of likely N-dealkylation sites (tertiary alicyclic amines) is 1. The van der Waals surface area contributed by atoms with E-state index in [-0.39, 0.29) is 24.2 Å². The maximum absolute atomic E-state index is 13.1. The molecule has 31 heavy (non-hydrogen) atoms. The van der Waals surface area contributed by atoms with Gasteiger partial charge in [-0.2, -0.15) is 0 Å². The number of thiazole rings is 1. The van der Waals surface area contributed by atoms with Crippen molar-refractivity contribution in [2.75, 3.05) is 31.6 Å². The lowest BCUT2D eigenvalue weighted by Crippen LogP contribution is -2.42. The molecule has 2 saturated heterocycles.